The second-order valence-electron chi connectivity index (χ2n) is 6.50. The van der Waals surface area contributed by atoms with Crippen LogP contribution in [-0.2, 0) is 4.79 Å². The van der Waals surface area contributed by atoms with Gasteiger partial charge in [0.15, 0.2) is 5.78 Å². The van der Waals surface area contributed by atoms with Crippen LogP contribution in [0.2, 0.25) is 0 Å². The molecule has 0 aliphatic heterocycles. The fraction of sp³-hybridized carbons (Fsp3) is 0.529. The Morgan fingerprint density at radius 1 is 1.20 bits per heavy atom. The molecule has 4 atom stereocenters. The highest BCUT2D eigenvalue weighted by molar-refractivity contribution is 6.05. The molecule has 3 nitrogen and oxygen atoms in total. The molecule has 0 heterocycles. The molecule has 3 aliphatic carbocycles. The van der Waals surface area contributed by atoms with Crippen LogP contribution in [0.15, 0.2) is 12.1 Å². The van der Waals surface area contributed by atoms with E-state index >= 15 is 0 Å². The first-order valence-corrected chi connectivity index (χ1v) is 7.44. The number of ketones is 1. The van der Waals surface area contributed by atoms with Crippen LogP contribution in [0.3, 0.4) is 0 Å². The van der Waals surface area contributed by atoms with Crippen LogP contribution in [0, 0.1) is 24.7 Å². The van der Waals surface area contributed by atoms with Crippen molar-refractivity contribution in [3.8, 4) is 5.75 Å². The van der Waals surface area contributed by atoms with E-state index in [4.69, 9.17) is 4.74 Å². The highest BCUT2D eigenvalue weighted by Crippen LogP contribution is 2.61. The van der Waals surface area contributed by atoms with Gasteiger partial charge in [0.1, 0.15) is 5.75 Å². The highest BCUT2D eigenvalue weighted by Gasteiger charge is 2.56. The van der Waals surface area contributed by atoms with Gasteiger partial charge in [-0.1, -0.05) is 6.07 Å². The summed E-state index contributed by atoms with van der Waals surface area (Å²) in [6.45, 7) is 3.29. The number of carbonyl (C=O) groups excluding carboxylic acids is 2. The van der Waals surface area contributed by atoms with E-state index in [9.17, 15) is 9.59 Å². The first-order chi connectivity index (χ1) is 9.58. The third-order valence-corrected chi connectivity index (χ3v) is 5.53. The lowest BCUT2D eigenvalue weighted by atomic mass is 9.79. The molecule has 0 spiro atoms. The van der Waals surface area contributed by atoms with Gasteiger partial charge < -0.3 is 4.74 Å². The number of hydrogen-bond donors (Lipinski definition) is 0. The van der Waals surface area contributed by atoms with Gasteiger partial charge in [-0.05, 0) is 55.6 Å². The van der Waals surface area contributed by atoms with Crippen LogP contribution in [0.1, 0.15) is 53.6 Å². The van der Waals surface area contributed by atoms with Crippen molar-refractivity contribution in [2.24, 2.45) is 17.8 Å². The molecule has 2 bridgehead atoms. The van der Waals surface area contributed by atoms with Crippen LogP contribution in [0.25, 0.3) is 0 Å². The third kappa shape index (κ3) is 1.41. The summed E-state index contributed by atoms with van der Waals surface area (Å²) in [6, 6.07) is 3.88. The average molecular weight is 270 g/mol. The van der Waals surface area contributed by atoms with Crippen LogP contribution in [0.4, 0.5) is 0 Å². The Morgan fingerprint density at radius 3 is 2.60 bits per heavy atom. The van der Waals surface area contributed by atoms with Crippen LogP contribution < -0.4 is 4.74 Å². The molecular weight excluding hydrogens is 252 g/mol. The summed E-state index contributed by atoms with van der Waals surface area (Å²) in [7, 11) is 0. The van der Waals surface area contributed by atoms with Gasteiger partial charge in [0, 0.05) is 24.0 Å². The van der Waals surface area contributed by atoms with E-state index in [0.29, 0.717) is 29.3 Å². The Hall–Kier alpha value is -1.64. The van der Waals surface area contributed by atoms with Gasteiger partial charge in [0.25, 0.3) is 0 Å². The molecule has 0 N–H and O–H groups in total. The fourth-order valence-electron chi connectivity index (χ4n) is 4.87. The number of ether oxygens (including phenoxy) is 1. The molecule has 0 aromatic heterocycles. The van der Waals surface area contributed by atoms with Crippen molar-refractivity contribution in [2.75, 3.05) is 0 Å². The van der Waals surface area contributed by atoms with Crippen molar-refractivity contribution in [2.45, 2.75) is 39.0 Å². The van der Waals surface area contributed by atoms with E-state index in [2.05, 4.69) is 0 Å². The van der Waals surface area contributed by atoms with Crippen LogP contribution in [0.5, 0.6) is 5.75 Å². The molecule has 0 radical (unpaired) electrons. The van der Waals surface area contributed by atoms with Gasteiger partial charge in [-0.3, -0.25) is 9.59 Å². The number of benzene rings is 1. The minimum atomic E-state index is -0.334. The van der Waals surface area contributed by atoms with Crippen LogP contribution in [-0.4, -0.2) is 11.8 Å². The summed E-state index contributed by atoms with van der Waals surface area (Å²) >= 11 is 0. The first kappa shape index (κ1) is 12.1. The maximum absolute atomic E-state index is 12.8. The standard InChI is InChI=1S/C17H18O3/c1-8-13(20-9(2)18)6-5-12-14(8)17(19)16-11-4-3-10(7-11)15(12)16/h5-6,10-11,15-16H,3-4,7H2,1-2H3/t10-,11+,15-,16-/m0/s1. The Balaban J connectivity index is 1.83. The van der Waals surface area contributed by atoms with Gasteiger partial charge in [-0.25, -0.2) is 0 Å². The molecule has 0 amide bonds. The fourth-order valence-corrected chi connectivity index (χ4v) is 4.87. The van der Waals surface area contributed by atoms with Crippen molar-refractivity contribution in [3.63, 3.8) is 0 Å². The van der Waals surface area contributed by atoms with Gasteiger partial charge >= 0.3 is 5.97 Å². The molecule has 0 unspecified atom stereocenters. The normalized spacial score (nSPS) is 33.2. The molecule has 0 saturated heterocycles. The first-order valence-electron chi connectivity index (χ1n) is 7.44. The smallest absolute Gasteiger partial charge is 0.308 e. The molecule has 104 valence electrons. The lowest BCUT2D eigenvalue weighted by Gasteiger charge is -2.23. The molecule has 4 rings (SSSR count). The van der Waals surface area contributed by atoms with E-state index < -0.39 is 0 Å². The van der Waals surface area contributed by atoms with Gasteiger partial charge in [-0.2, -0.15) is 0 Å². The molecule has 20 heavy (non-hydrogen) atoms. The second-order valence-corrected chi connectivity index (χ2v) is 6.50. The summed E-state index contributed by atoms with van der Waals surface area (Å²) in [4.78, 5) is 23.9. The van der Waals surface area contributed by atoms with E-state index in [1.807, 2.05) is 19.1 Å². The zero-order chi connectivity index (χ0) is 14.0. The van der Waals surface area contributed by atoms with Crippen LogP contribution >= 0.6 is 0 Å². The number of fused-ring (bicyclic) bond motifs is 7. The van der Waals surface area contributed by atoms with Crippen molar-refractivity contribution < 1.29 is 14.3 Å². The SMILES string of the molecule is CC(=O)Oc1ccc2c(c1C)C(=O)[C@H]1[C@@H]3CC[C@@H](C3)[C@@H]21. The third-order valence-electron chi connectivity index (χ3n) is 5.53. The molecular formula is C17H18O3. The zero-order valence-corrected chi connectivity index (χ0v) is 11.8. The molecule has 2 fully saturated rings. The lowest BCUT2D eigenvalue weighted by molar-refractivity contribution is -0.131. The van der Waals surface area contributed by atoms with Gasteiger partial charge in [0.05, 0.1) is 0 Å². The van der Waals surface area contributed by atoms with E-state index in [1.165, 1.54) is 31.7 Å². The topological polar surface area (TPSA) is 43.4 Å². The predicted octanol–water partition coefficient (Wildman–Crippen LogP) is 3.25. The molecule has 2 saturated carbocycles. The molecule has 3 aliphatic rings. The highest BCUT2D eigenvalue weighted by atomic mass is 16.5. The number of esters is 1. The monoisotopic (exact) mass is 270 g/mol. The number of Topliss-reactive ketones (excluding diaryl/α,β-unsaturated/α-hetero) is 1. The number of carbonyl (C=O) groups is 2. The maximum Gasteiger partial charge on any atom is 0.308 e. The predicted molar refractivity (Wildman–Crippen MR) is 73.9 cm³/mol. The second kappa shape index (κ2) is 3.94. The molecule has 1 aromatic rings. The maximum atomic E-state index is 12.8. The van der Waals surface area contributed by atoms with Crippen molar-refractivity contribution in [1.29, 1.82) is 0 Å². The lowest BCUT2D eigenvalue weighted by Crippen LogP contribution is -2.20. The summed E-state index contributed by atoms with van der Waals surface area (Å²) in [6.07, 6.45) is 3.70. The van der Waals surface area contributed by atoms with E-state index in [-0.39, 0.29) is 11.9 Å². The number of rotatable bonds is 1. The van der Waals surface area contributed by atoms with Crippen molar-refractivity contribution in [3.05, 3.63) is 28.8 Å². The van der Waals surface area contributed by atoms with Gasteiger partial charge in [0.2, 0.25) is 0 Å². The summed E-state index contributed by atoms with van der Waals surface area (Å²) in [5, 5.41) is 0. The zero-order valence-electron chi connectivity index (χ0n) is 11.8. The average Bonchev–Trinajstić information content (AvgIpc) is 3.05. The van der Waals surface area contributed by atoms with Gasteiger partial charge in [-0.15, -0.1) is 0 Å². The summed E-state index contributed by atoms with van der Waals surface area (Å²) in [5.74, 6) is 2.41. The quantitative estimate of drug-likeness (QED) is 0.581. The number of hydrogen-bond acceptors (Lipinski definition) is 3. The summed E-state index contributed by atoms with van der Waals surface area (Å²) in [5.41, 5.74) is 2.90. The Bertz CT molecular complexity index is 631. The largest absolute Gasteiger partial charge is 0.426 e. The van der Waals surface area contributed by atoms with E-state index in [0.717, 1.165) is 11.1 Å². The van der Waals surface area contributed by atoms with Crippen molar-refractivity contribution in [1.82, 2.24) is 0 Å². The Kier molecular flexibility index (Phi) is 2.39. The Labute approximate surface area is 118 Å². The van der Waals surface area contributed by atoms with Crippen molar-refractivity contribution >= 4 is 11.8 Å². The van der Waals surface area contributed by atoms with E-state index in [1.54, 1.807) is 0 Å². The molecule has 3 heteroatoms. The summed E-state index contributed by atoms with van der Waals surface area (Å²) < 4.78 is 5.22. The Morgan fingerprint density at radius 2 is 1.90 bits per heavy atom. The minimum Gasteiger partial charge on any atom is -0.426 e. The molecule has 1 aromatic carbocycles. The minimum absolute atomic E-state index is 0.204.